The molecule has 0 aliphatic heterocycles. The quantitative estimate of drug-likeness (QED) is 0.833. The number of hydrogen-bond acceptors (Lipinski definition) is 5. The van der Waals surface area contributed by atoms with Crippen LogP contribution in [0.25, 0.3) is 10.6 Å². The molecule has 6 heteroatoms. The number of esters is 1. The van der Waals surface area contributed by atoms with Crippen molar-refractivity contribution in [1.82, 2.24) is 4.98 Å². The Morgan fingerprint density at radius 2 is 2.29 bits per heavy atom. The maximum absolute atomic E-state index is 13.6. The topological polar surface area (TPSA) is 65.2 Å². The van der Waals surface area contributed by atoms with Gasteiger partial charge in [-0.05, 0) is 12.1 Å². The van der Waals surface area contributed by atoms with Gasteiger partial charge in [0.1, 0.15) is 16.6 Å². The molecule has 2 N–H and O–H groups in total. The molecule has 0 fully saturated rings. The highest BCUT2D eigenvalue weighted by Crippen LogP contribution is 2.26. The minimum Gasteiger partial charge on any atom is -0.465 e. The molecule has 0 bridgehead atoms. The van der Waals surface area contributed by atoms with Crippen LogP contribution in [0.3, 0.4) is 0 Å². The summed E-state index contributed by atoms with van der Waals surface area (Å²) in [6.07, 6.45) is 0. The molecule has 17 heavy (non-hydrogen) atoms. The van der Waals surface area contributed by atoms with Crippen molar-refractivity contribution in [3.8, 4) is 10.6 Å². The molecule has 1 heterocycles. The van der Waals surface area contributed by atoms with E-state index in [2.05, 4.69) is 9.72 Å². The number of carbonyl (C=O) groups is 1. The van der Waals surface area contributed by atoms with E-state index in [1.54, 1.807) is 11.4 Å². The molecular formula is C11H9FN2O2S. The Kier molecular flexibility index (Phi) is 3.06. The number of anilines is 1. The van der Waals surface area contributed by atoms with Crippen LogP contribution in [0.5, 0.6) is 0 Å². The lowest BCUT2D eigenvalue weighted by Crippen LogP contribution is -2.04. The molecule has 1 aromatic heterocycles. The van der Waals surface area contributed by atoms with Crippen LogP contribution in [0.4, 0.5) is 10.2 Å². The van der Waals surface area contributed by atoms with E-state index in [9.17, 15) is 9.18 Å². The molecule has 0 unspecified atom stereocenters. The van der Waals surface area contributed by atoms with Crippen molar-refractivity contribution in [2.24, 2.45) is 0 Å². The van der Waals surface area contributed by atoms with Gasteiger partial charge >= 0.3 is 5.97 Å². The zero-order valence-corrected chi connectivity index (χ0v) is 9.75. The molecule has 88 valence electrons. The number of ether oxygens (including phenoxy) is 1. The average Bonchev–Trinajstić information content (AvgIpc) is 2.75. The van der Waals surface area contributed by atoms with Crippen molar-refractivity contribution in [3.05, 3.63) is 35.0 Å². The van der Waals surface area contributed by atoms with Gasteiger partial charge in [0.05, 0.1) is 12.7 Å². The van der Waals surface area contributed by atoms with E-state index in [0.717, 1.165) is 0 Å². The van der Waals surface area contributed by atoms with Gasteiger partial charge in [0, 0.05) is 10.9 Å². The Hall–Kier alpha value is -1.95. The number of nitrogens with zero attached hydrogens (tertiary/aromatic N) is 1. The molecule has 4 nitrogen and oxygen atoms in total. The minimum atomic E-state index is -0.701. The molecule has 0 amide bonds. The summed E-state index contributed by atoms with van der Waals surface area (Å²) in [5.41, 5.74) is 5.97. The highest BCUT2D eigenvalue weighted by Gasteiger charge is 2.13. The molecule has 1 aromatic carbocycles. The van der Waals surface area contributed by atoms with E-state index in [1.165, 1.54) is 30.6 Å². The van der Waals surface area contributed by atoms with Crippen LogP contribution >= 0.6 is 11.3 Å². The van der Waals surface area contributed by atoms with Gasteiger partial charge < -0.3 is 10.5 Å². The number of halogens is 1. The van der Waals surface area contributed by atoms with E-state index in [4.69, 9.17) is 5.73 Å². The van der Waals surface area contributed by atoms with Gasteiger partial charge in [0.2, 0.25) is 0 Å². The van der Waals surface area contributed by atoms with Gasteiger partial charge in [-0.2, -0.15) is 0 Å². The Labute approximate surface area is 101 Å². The number of carbonyl (C=O) groups excluding carboxylic acids is 1. The maximum atomic E-state index is 13.6. The van der Waals surface area contributed by atoms with Gasteiger partial charge in [-0.25, -0.2) is 14.2 Å². The van der Waals surface area contributed by atoms with Crippen LogP contribution in [-0.4, -0.2) is 18.1 Å². The van der Waals surface area contributed by atoms with E-state index >= 15 is 0 Å². The molecule has 0 aliphatic carbocycles. The molecular weight excluding hydrogens is 243 g/mol. The fourth-order valence-electron chi connectivity index (χ4n) is 1.34. The normalized spacial score (nSPS) is 10.2. The monoisotopic (exact) mass is 252 g/mol. The molecule has 0 radical (unpaired) electrons. The van der Waals surface area contributed by atoms with Crippen molar-refractivity contribution in [1.29, 1.82) is 0 Å². The summed E-state index contributed by atoms with van der Waals surface area (Å²) in [5, 5.41) is 2.28. The Bertz CT molecular complexity index is 568. The van der Waals surface area contributed by atoms with Crippen LogP contribution < -0.4 is 5.73 Å². The first-order chi connectivity index (χ1) is 8.11. The first-order valence-electron chi connectivity index (χ1n) is 4.71. The minimum absolute atomic E-state index is 0.0965. The summed E-state index contributed by atoms with van der Waals surface area (Å²) in [6.45, 7) is 0. The van der Waals surface area contributed by atoms with Crippen molar-refractivity contribution in [3.63, 3.8) is 0 Å². The van der Waals surface area contributed by atoms with Crippen LogP contribution in [0.2, 0.25) is 0 Å². The van der Waals surface area contributed by atoms with E-state index in [1.807, 2.05) is 0 Å². The van der Waals surface area contributed by atoms with Crippen molar-refractivity contribution >= 4 is 23.1 Å². The van der Waals surface area contributed by atoms with E-state index in [-0.39, 0.29) is 5.56 Å². The van der Waals surface area contributed by atoms with Crippen LogP contribution in [0.1, 0.15) is 10.4 Å². The zero-order chi connectivity index (χ0) is 12.4. The summed E-state index contributed by atoms with van der Waals surface area (Å²) in [5.74, 6) is -0.946. The van der Waals surface area contributed by atoms with Gasteiger partial charge in [0.25, 0.3) is 0 Å². The average molecular weight is 252 g/mol. The predicted octanol–water partition coefficient (Wildman–Crippen LogP) is 2.32. The second-order valence-corrected chi connectivity index (χ2v) is 4.12. The van der Waals surface area contributed by atoms with Gasteiger partial charge in [-0.15, -0.1) is 11.3 Å². The Morgan fingerprint density at radius 3 is 2.82 bits per heavy atom. The lowest BCUT2D eigenvalue weighted by Gasteiger charge is -2.02. The standard InChI is InChI=1S/C11H9FN2O2S/c1-16-11(15)7-3-2-6(4-8(7)12)10-14-9(13)5-17-10/h2-5H,13H2,1H3. The molecule has 0 saturated carbocycles. The summed E-state index contributed by atoms with van der Waals surface area (Å²) >= 11 is 1.31. The number of methoxy groups -OCH3 is 1. The largest absolute Gasteiger partial charge is 0.465 e. The van der Waals surface area contributed by atoms with Crippen molar-refractivity contribution in [2.45, 2.75) is 0 Å². The lowest BCUT2D eigenvalue weighted by molar-refractivity contribution is 0.0595. The SMILES string of the molecule is COC(=O)c1ccc(-c2nc(N)cs2)cc1F. The molecule has 2 rings (SSSR count). The number of nitrogens with two attached hydrogens (primary N) is 1. The van der Waals surface area contributed by atoms with Gasteiger partial charge in [0.15, 0.2) is 0 Å². The summed E-state index contributed by atoms with van der Waals surface area (Å²) in [4.78, 5) is 15.2. The van der Waals surface area contributed by atoms with Crippen molar-refractivity contribution in [2.75, 3.05) is 12.8 Å². The second kappa shape index (κ2) is 4.50. The smallest absolute Gasteiger partial charge is 0.340 e. The number of aromatic nitrogens is 1. The van der Waals surface area contributed by atoms with Gasteiger partial charge in [-0.3, -0.25) is 0 Å². The number of rotatable bonds is 2. The van der Waals surface area contributed by atoms with E-state index in [0.29, 0.717) is 16.4 Å². The zero-order valence-electron chi connectivity index (χ0n) is 8.94. The predicted molar refractivity (Wildman–Crippen MR) is 63.3 cm³/mol. The Morgan fingerprint density at radius 1 is 1.53 bits per heavy atom. The number of thiazole rings is 1. The number of hydrogen-bond donors (Lipinski definition) is 1. The molecule has 0 atom stereocenters. The fraction of sp³-hybridized carbons (Fsp3) is 0.0909. The maximum Gasteiger partial charge on any atom is 0.340 e. The molecule has 0 spiro atoms. The molecule has 0 aliphatic rings. The summed E-state index contributed by atoms with van der Waals surface area (Å²) < 4.78 is 18.1. The van der Waals surface area contributed by atoms with E-state index < -0.39 is 11.8 Å². The highest BCUT2D eigenvalue weighted by molar-refractivity contribution is 7.13. The molecule has 0 saturated heterocycles. The first-order valence-corrected chi connectivity index (χ1v) is 5.59. The molecule has 2 aromatic rings. The summed E-state index contributed by atoms with van der Waals surface area (Å²) in [6, 6.07) is 4.21. The van der Waals surface area contributed by atoms with Crippen LogP contribution in [0.15, 0.2) is 23.6 Å². The third kappa shape index (κ3) is 2.26. The second-order valence-electron chi connectivity index (χ2n) is 3.26. The third-order valence-electron chi connectivity index (χ3n) is 2.14. The third-order valence-corrected chi connectivity index (χ3v) is 3.05. The highest BCUT2D eigenvalue weighted by atomic mass is 32.1. The summed E-state index contributed by atoms with van der Waals surface area (Å²) in [7, 11) is 1.21. The Balaban J connectivity index is 2.40. The first kappa shape index (κ1) is 11.5. The lowest BCUT2D eigenvalue weighted by atomic mass is 10.1. The van der Waals surface area contributed by atoms with Crippen LogP contribution in [0, 0.1) is 5.82 Å². The van der Waals surface area contributed by atoms with Crippen molar-refractivity contribution < 1.29 is 13.9 Å². The number of benzene rings is 1. The van der Waals surface area contributed by atoms with Crippen LogP contribution in [-0.2, 0) is 4.74 Å². The van der Waals surface area contributed by atoms with Gasteiger partial charge in [-0.1, -0.05) is 6.07 Å². The fourth-order valence-corrected chi connectivity index (χ4v) is 2.05. The number of nitrogen functional groups attached to an aromatic ring is 1.